The number of rotatable bonds is 13. The van der Waals surface area contributed by atoms with Crippen molar-refractivity contribution in [2.24, 2.45) is 5.92 Å². The SMILES string of the molecule is C#Cc1cccc(-c2ccc(C(CCC)(CCC)CCC(=C)Nc3ccc(C)c(C(C)(F)F)c3)cc2)c1.CCC1CC1. The summed E-state index contributed by atoms with van der Waals surface area (Å²) in [6, 6.07) is 22.1. The average molecular weight is 570 g/mol. The fraction of sp³-hybridized carbons (Fsp3) is 0.436. The summed E-state index contributed by atoms with van der Waals surface area (Å²) < 4.78 is 28.0. The van der Waals surface area contributed by atoms with Crippen molar-refractivity contribution in [2.45, 2.75) is 104 Å². The molecule has 0 amide bonds. The fourth-order valence-electron chi connectivity index (χ4n) is 5.93. The maximum atomic E-state index is 14.0. The number of alkyl halides is 2. The molecule has 0 aliphatic heterocycles. The lowest BCUT2D eigenvalue weighted by Crippen LogP contribution is -2.26. The largest absolute Gasteiger partial charge is 0.359 e. The third-order valence-electron chi connectivity index (χ3n) is 8.53. The number of hydrogen-bond acceptors (Lipinski definition) is 1. The van der Waals surface area contributed by atoms with Gasteiger partial charge in [0.1, 0.15) is 0 Å². The van der Waals surface area contributed by atoms with Gasteiger partial charge in [0.2, 0.25) is 0 Å². The molecule has 1 aliphatic carbocycles. The van der Waals surface area contributed by atoms with Crippen LogP contribution >= 0.6 is 0 Å². The quantitative estimate of drug-likeness (QED) is 0.202. The molecule has 0 saturated heterocycles. The highest BCUT2D eigenvalue weighted by molar-refractivity contribution is 5.66. The van der Waals surface area contributed by atoms with Gasteiger partial charge in [0.05, 0.1) is 0 Å². The van der Waals surface area contributed by atoms with Crippen molar-refractivity contribution in [3.8, 4) is 23.5 Å². The fourth-order valence-corrected chi connectivity index (χ4v) is 5.93. The van der Waals surface area contributed by atoms with E-state index >= 15 is 0 Å². The topological polar surface area (TPSA) is 12.0 Å². The second kappa shape index (κ2) is 15.2. The Kier molecular flexibility index (Phi) is 12.0. The van der Waals surface area contributed by atoms with E-state index in [1.807, 2.05) is 24.3 Å². The number of hydrogen-bond donors (Lipinski definition) is 1. The molecule has 0 radical (unpaired) electrons. The van der Waals surface area contributed by atoms with Gasteiger partial charge in [-0.2, -0.15) is 0 Å². The van der Waals surface area contributed by atoms with E-state index in [-0.39, 0.29) is 11.0 Å². The molecule has 0 aromatic heterocycles. The van der Waals surface area contributed by atoms with Crippen LogP contribution in [0.25, 0.3) is 11.1 Å². The predicted octanol–water partition coefficient (Wildman–Crippen LogP) is 11.8. The molecule has 3 aromatic carbocycles. The molecular formula is C39H49F2N. The van der Waals surface area contributed by atoms with Crippen molar-refractivity contribution >= 4 is 5.69 Å². The van der Waals surface area contributed by atoms with Crippen molar-refractivity contribution in [3.63, 3.8) is 0 Å². The second-order valence-electron chi connectivity index (χ2n) is 12.1. The van der Waals surface area contributed by atoms with Crippen molar-refractivity contribution in [1.29, 1.82) is 0 Å². The number of nitrogens with one attached hydrogen (secondary N) is 1. The molecule has 0 heterocycles. The Morgan fingerprint density at radius 2 is 1.60 bits per heavy atom. The smallest absolute Gasteiger partial charge is 0.270 e. The highest BCUT2D eigenvalue weighted by Crippen LogP contribution is 2.41. The molecule has 0 atom stereocenters. The molecule has 1 saturated carbocycles. The maximum Gasteiger partial charge on any atom is 0.270 e. The molecule has 224 valence electrons. The van der Waals surface area contributed by atoms with E-state index in [1.54, 1.807) is 19.1 Å². The number of allylic oxidation sites excluding steroid dienone is 1. The summed E-state index contributed by atoms with van der Waals surface area (Å²) >= 11 is 0. The van der Waals surface area contributed by atoms with Crippen LogP contribution in [0.5, 0.6) is 0 Å². The Hall–Kier alpha value is -3.38. The number of benzene rings is 3. The Labute approximate surface area is 253 Å². The highest BCUT2D eigenvalue weighted by Gasteiger charge is 2.31. The molecular weight excluding hydrogens is 520 g/mol. The summed E-state index contributed by atoms with van der Waals surface area (Å²) in [4.78, 5) is 0. The first-order valence-corrected chi connectivity index (χ1v) is 15.7. The average Bonchev–Trinajstić information content (AvgIpc) is 3.82. The molecule has 42 heavy (non-hydrogen) atoms. The predicted molar refractivity (Wildman–Crippen MR) is 177 cm³/mol. The molecule has 0 unspecified atom stereocenters. The van der Waals surface area contributed by atoms with Crippen LogP contribution in [-0.2, 0) is 11.3 Å². The number of aryl methyl sites for hydroxylation is 1. The summed E-state index contributed by atoms with van der Waals surface area (Å²) in [5, 5.41) is 3.29. The van der Waals surface area contributed by atoms with E-state index in [4.69, 9.17) is 6.42 Å². The molecule has 0 bridgehead atoms. The lowest BCUT2D eigenvalue weighted by atomic mass is 9.70. The second-order valence-corrected chi connectivity index (χ2v) is 12.1. The summed E-state index contributed by atoms with van der Waals surface area (Å²) in [5.74, 6) is 0.967. The number of halogens is 2. The molecule has 4 rings (SSSR count). The van der Waals surface area contributed by atoms with Crippen LogP contribution in [0.4, 0.5) is 14.5 Å². The standard InChI is InChI=1S/C34H39F2N.C5H10/c1-7-20-34(21-8-2,30-16-14-28(15-17-30)29-12-10-11-27(9-3)23-29)22-19-26(5)37-31-18-13-25(4)32(24-31)33(6,35)36;1-2-5-3-4-5/h3,10-18,23-24,37H,5,7-8,19-22H2,1-2,4,6H3;5H,2-4H2,1H3. The normalized spacial score (nSPS) is 13.1. The van der Waals surface area contributed by atoms with Crippen molar-refractivity contribution in [2.75, 3.05) is 5.32 Å². The monoisotopic (exact) mass is 569 g/mol. The van der Waals surface area contributed by atoms with Gasteiger partial charge in [0.25, 0.3) is 5.92 Å². The number of terminal acetylenes is 1. The summed E-state index contributed by atoms with van der Waals surface area (Å²) in [6.45, 7) is 13.6. The van der Waals surface area contributed by atoms with Crippen LogP contribution in [0.3, 0.4) is 0 Å². The zero-order chi connectivity index (χ0) is 30.8. The number of anilines is 1. The van der Waals surface area contributed by atoms with E-state index in [0.717, 1.165) is 73.8 Å². The van der Waals surface area contributed by atoms with E-state index in [0.29, 0.717) is 11.3 Å². The van der Waals surface area contributed by atoms with Crippen molar-refractivity contribution in [1.82, 2.24) is 0 Å². The first kappa shape index (κ1) is 33.1. The van der Waals surface area contributed by atoms with Gasteiger partial charge in [-0.1, -0.05) is 108 Å². The van der Waals surface area contributed by atoms with Gasteiger partial charge >= 0.3 is 0 Å². The van der Waals surface area contributed by atoms with Crippen LogP contribution < -0.4 is 5.32 Å². The van der Waals surface area contributed by atoms with E-state index in [2.05, 4.69) is 68.9 Å². The molecule has 1 N–H and O–H groups in total. The third kappa shape index (κ3) is 9.32. The van der Waals surface area contributed by atoms with E-state index in [1.165, 1.54) is 24.8 Å². The van der Waals surface area contributed by atoms with Gasteiger partial charge < -0.3 is 5.32 Å². The summed E-state index contributed by atoms with van der Waals surface area (Å²) in [5.41, 5.74) is 6.64. The van der Waals surface area contributed by atoms with E-state index in [9.17, 15) is 8.78 Å². The van der Waals surface area contributed by atoms with Crippen LogP contribution in [0.2, 0.25) is 0 Å². The maximum absolute atomic E-state index is 14.0. The Balaban J connectivity index is 0.000000873. The Morgan fingerprint density at radius 1 is 0.929 bits per heavy atom. The summed E-state index contributed by atoms with van der Waals surface area (Å²) in [6.07, 6.45) is 16.1. The van der Waals surface area contributed by atoms with Crippen LogP contribution in [-0.4, -0.2) is 0 Å². The minimum absolute atomic E-state index is 0.0300. The lowest BCUT2D eigenvalue weighted by molar-refractivity contribution is 0.0169. The molecule has 1 fully saturated rings. The minimum Gasteiger partial charge on any atom is -0.359 e. The van der Waals surface area contributed by atoms with Gasteiger partial charge in [-0.15, -0.1) is 6.42 Å². The van der Waals surface area contributed by atoms with Crippen LogP contribution in [0.15, 0.2) is 79.0 Å². The molecule has 0 spiro atoms. The first-order chi connectivity index (χ1) is 20.0. The third-order valence-corrected chi connectivity index (χ3v) is 8.53. The van der Waals surface area contributed by atoms with Gasteiger partial charge in [0, 0.05) is 29.4 Å². The van der Waals surface area contributed by atoms with Crippen molar-refractivity contribution < 1.29 is 8.78 Å². The van der Waals surface area contributed by atoms with Crippen molar-refractivity contribution in [3.05, 3.63) is 101 Å². The zero-order valence-electron chi connectivity index (χ0n) is 26.3. The lowest BCUT2D eigenvalue weighted by Gasteiger charge is -2.35. The van der Waals surface area contributed by atoms with Gasteiger partial charge in [-0.25, -0.2) is 8.78 Å². The highest BCUT2D eigenvalue weighted by atomic mass is 19.3. The van der Waals surface area contributed by atoms with Gasteiger partial charge in [-0.05, 0) is 90.5 Å². The summed E-state index contributed by atoms with van der Waals surface area (Å²) in [7, 11) is 0. The van der Waals surface area contributed by atoms with Crippen LogP contribution in [0.1, 0.15) is 108 Å². The zero-order valence-corrected chi connectivity index (χ0v) is 26.3. The van der Waals surface area contributed by atoms with Crippen LogP contribution in [0, 0.1) is 25.2 Å². The molecule has 1 aliphatic rings. The van der Waals surface area contributed by atoms with E-state index < -0.39 is 5.92 Å². The first-order valence-electron chi connectivity index (χ1n) is 15.7. The Bertz CT molecular complexity index is 1330. The molecule has 1 nitrogen and oxygen atoms in total. The van der Waals surface area contributed by atoms with Gasteiger partial charge in [0.15, 0.2) is 0 Å². The van der Waals surface area contributed by atoms with Gasteiger partial charge in [-0.3, -0.25) is 0 Å². The molecule has 3 aromatic rings. The molecule has 3 heteroatoms. The Morgan fingerprint density at radius 3 is 2.12 bits per heavy atom. The minimum atomic E-state index is -2.88.